The van der Waals surface area contributed by atoms with Gasteiger partial charge in [0.2, 0.25) is 0 Å². The Morgan fingerprint density at radius 2 is 2.11 bits per heavy atom. The van der Waals surface area contributed by atoms with E-state index in [9.17, 15) is 13.6 Å². The van der Waals surface area contributed by atoms with Crippen molar-refractivity contribution in [3.8, 4) is 0 Å². The Balaban J connectivity index is 1.58. The number of hydrogen-bond donors (Lipinski definition) is 2. The first-order valence-electron chi connectivity index (χ1n) is 9.37. The summed E-state index contributed by atoms with van der Waals surface area (Å²) in [6, 6.07) is -0.542. The number of piperidine rings is 1. The number of nitrogens with two attached hydrogens (primary N) is 1. The van der Waals surface area contributed by atoms with Crippen molar-refractivity contribution in [2.45, 2.75) is 25.1 Å². The second-order valence-corrected chi connectivity index (χ2v) is 7.55. The third kappa shape index (κ3) is 3.44. The van der Waals surface area contributed by atoms with Gasteiger partial charge in [-0.05, 0) is 38.9 Å². The summed E-state index contributed by atoms with van der Waals surface area (Å²) >= 11 is 0. The van der Waals surface area contributed by atoms with Gasteiger partial charge in [-0.25, -0.2) is 18.3 Å². The first kappa shape index (κ1) is 18.7. The Kier molecular flexibility index (Phi) is 4.96. The molecule has 2 aliphatic rings. The molecule has 3 atom stereocenters. The van der Waals surface area contributed by atoms with Gasteiger partial charge >= 0.3 is 0 Å². The van der Waals surface area contributed by atoms with Crippen molar-refractivity contribution in [3.05, 3.63) is 23.8 Å². The Labute approximate surface area is 160 Å². The van der Waals surface area contributed by atoms with Gasteiger partial charge < -0.3 is 16.0 Å². The second kappa shape index (κ2) is 7.42. The molecule has 0 aliphatic carbocycles. The molecule has 1 fully saturated rings. The van der Waals surface area contributed by atoms with Crippen molar-refractivity contribution in [2.75, 3.05) is 32.4 Å². The number of rotatable bonds is 3. The minimum absolute atomic E-state index is 0.0523. The number of amides is 1. The lowest BCUT2D eigenvalue weighted by Crippen LogP contribution is -2.52. The fourth-order valence-electron chi connectivity index (χ4n) is 4.23. The molecular weight excluding hydrogens is 368 g/mol. The third-order valence-corrected chi connectivity index (χ3v) is 5.68. The van der Waals surface area contributed by atoms with Gasteiger partial charge in [0.15, 0.2) is 17.3 Å². The topological polar surface area (TPSA) is 101 Å². The van der Waals surface area contributed by atoms with Gasteiger partial charge in [0.25, 0.3) is 5.91 Å². The van der Waals surface area contributed by atoms with Crippen LogP contribution in [0.15, 0.2) is 17.4 Å². The highest BCUT2D eigenvalue weighted by atomic mass is 19.1. The number of aliphatic imine (C=N–C) groups is 1. The van der Waals surface area contributed by atoms with Crippen LogP contribution < -0.4 is 11.1 Å². The lowest BCUT2D eigenvalue weighted by Gasteiger charge is -2.40. The number of nitrogens with zero attached hydrogens (tertiary/aromatic N) is 5. The molecule has 2 aliphatic heterocycles. The quantitative estimate of drug-likeness (QED) is 0.811. The SMILES string of the molecule is CN1CCC(C2C(F)CN=CC2NC(=O)c2c(N)nn3cc(F)cnc23)CC1. The molecule has 4 heterocycles. The van der Waals surface area contributed by atoms with Crippen LogP contribution in [-0.4, -0.2) is 70.5 Å². The van der Waals surface area contributed by atoms with Crippen LogP contribution in [0, 0.1) is 17.7 Å². The molecule has 1 saturated heterocycles. The Morgan fingerprint density at radius 1 is 1.36 bits per heavy atom. The average molecular weight is 391 g/mol. The number of halogens is 2. The zero-order valence-electron chi connectivity index (χ0n) is 15.6. The van der Waals surface area contributed by atoms with Crippen molar-refractivity contribution in [1.29, 1.82) is 0 Å². The van der Waals surface area contributed by atoms with E-state index in [1.54, 1.807) is 6.21 Å². The maximum Gasteiger partial charge on any atom is 0.259 e. The number of nitrogens with one attached hydrogen (secondary N) is 1. The summed E-state index contributed by atoms with van der Waals surface area (Å²) in [5.74, 6) is -1.35. The van der Waals surface area contributed by atoms with Crippen molar-refractivity contribution < 1.29 is 13.6 Å². The van der Waals surface area contributed by atoms with E-state index in [2.05, 4.69) is 32.3 Å². The monoisotopic (exact) mass is 391 g/mol. The predicted molar refractivity (Wildman–Crippen MR) is 101 cm³/mol. The van der Waals surface area contributed by atoms with Crippen LogP contribution in [0.2, 0.25) is 0 Å². The number of anilines is 1. The molecule has 3 N–H and O–H groups in total. The number of hydrogen-bond acceptors (Lipinski definition) is 6. The maximum absolute atomic E-state index is 14.8. The Hall–Kier alpha value is -2.62. The molecular formula is C18H23F2N7O. The van der Waals surface area contributed by atoms with E-state index in [1.165, 1.54) is 0 Å². The molecule has 2 aromatic heterocycles. The maximum atomic E-state index is 14.8. The number of aromatic nitrogens is 3. The van der Waals surface area contributed by atoms with Gasteiger partial charge in [-0.15, -0.1) is 5.10 Å². The molecule has 28 heavy (non-hydrogen) atoms. The van der Waals surface area contributed by atoms with E-state index < -0.39 is 23.9 Å². The minimum Gasteiger partial charge on any atom is -0.381 e. The lowest BCUT2D eigenvalue weighted by molar-refractivity contribution is 0.0787. The van der Waals surface area contributed by atoms with Gasteiger partial charge in [-0.1, -0.05) is 0 Å². The second-order valence-electron chi connectivity index (χ2n) is 7.55. The summed E-state index contributed by atoms with van der Waals surface area (Å²) in [6.45, 7) is 1.92. The number of fused-ring (bicyclic) bond motifs is 1. The summed E-state index contributed by atoms with van der Waals surface area (Å²) in [7, 11) is 2.05. The molecule has 3 unspecified atom stereocenters. The van der Waals surface area contributed by atoms with Crippen LogP contribution in [-0.2, 0) is 0 Å². The third-order valence-electron chi connectivity index (χ3n) is 5.68. The van der Waals surface area contributed by atoms with E-state index in [0.717, 1.165) is 42.8 Å². The minimum atomic E-state index is -1.11. The molecule has 10 heteroatoms. The highest BCUT2D eigenvalue weighted by Crippen LogP contribution is 2.33. The summed E-state index contributed by atoms with van der Waals surface area (Å²) < 4.78 is 29.3. The summed E-state index contributed by atoms with van der Waals surface area (Å²) in [4.78, 5) is 23.1. The van der Waals surface area contributed by atoms with Gasteiger partial charge in [0, 0.05) is 12.1 Å². The van der Waals surface area contributed by atoms with E-state index in [-0.39, 0.29) is 35.4 Å². The smallest absolute Gasteiger partial charge is 0.259 e. The van der Waals surface area contributed by atoms with Crippen LogP contribution in [0.25, 0.3) is 5.65 Å². The number of nitrogen functional groups attached to an aromatic ring is 1. The van der Waals surface area contributed by atoms with Crippen molar-refractivity contribution in [2.24, 2.45) is 16.8 Å². The van der Waals surface area contributed by atoms with E-state index in [1.807, 2.05) is 0 Å². The standard InChI is InChI=1S/C18H23F2N7O/c1-26-4-2-10(3-5-26)14-12(20)7-22-8-13(14)24-18(28)15-16(21)25-27-9-11(19)6-23-17(15)27/h6,8-10,12-14H,2-5,7H2,1H3,(H2,21,25)(H,24,28). The van der Waals surface area contributed by atoms with Gasteiger partial charge in [-0.2, -0.15) is 0 Å². The fraction of sp³-hybridized carbons (Fsp3) is 0.556. The van der Waals surface area contributed by atoms with Gasteiger partial charge in [0.1, 0.15) is 11.7 Å². The molecule has 8 nitrogen and oxygen atoms in total. The molecule has 0 radical (unpaired) electrons. The van der Waals surface area contributed by atoms with Crippen LogP contribution in [0.5, 0.6) is 0 Å². The first-order valence-corrected chi connectivity index (χ1v) is 9.37. The molecule has 4 rings (SSSR count). The normalized spacial score (nSPS) is 26.6. The zero-order valence-corrected chi connectivity index (χ0v) is 15.6. The van der Waals surface area contributed by atoms with E-state index >= 15 is 0 Å². The number of carbonyl (C=O) groups excluding carboxylic acids is 1. The predicted octanol–water partition coefficient (Wildman–Crippen LogP) is 0.930. The molecule has 0 aromatic carbocycles. The molecule has 2 aromatic rings. The number of likely N-dealkylation sites (tertiary alicyclic amines) is 1. The summed E-state index contributed by atoms with van der Waals surface area (Å²) in [5, 5.41) is 6.79. The highest BCUT2D eigenvalue weighted by Gasteiger charge is 2.40. The molecule has 150 valence electrons. The Morgan fingerprint density at radius 3 is 2.86 bits per heavy atom. The van der Waals surface area contributed by atoms with Crippen molar-refractivity contribution in [1.82, 2.24) is 24.8 Å². The Bertz CT molecular complexity index is 907. The largest absolute Gasteiger partial charge is 0.381 e. The fourth-order valence-corrected chi connectivity index (χ4v) is 4.23. The number of carbonyl (C=O) groups is 1. The van der Waals surface area contributed by atoms with Crippen LogP contribution in [0.3, 0.4) is 0 Å². The average Bonchev–Trinajstić information content (AvgIpc) is 2.98. The first-order chi connectivity index (χ1) is 13.4. The molecule has 1 amide bonds. The van der Waals surface area contributed by atoms with Crippen molar-refractivity contribution in [3.63, 3.8) is 0 Å². The summed E-state index contributed by atoms with van der Waals surface area (Å²) in [6.07, 6.45) is 4.34. The molecule has 0 bridgehead atoms. The van der Waals surface area contributed by atoms with Crippen LogP contribution in [0.4, 0.5) is 14.6 Å². The molecule has 0 saturated carbocycles. The van der Waals surface area contributed by atoms with Gasteiger partial charge in [0.05, 0.1) is 25.0 Å². The number of alkyl halides is 1. The van der Waals surface area contributed by atoms with E-state index in [0.29, 0.717) is 0 Å². The van der Waals surface area contributed by atoms with E-state index in [4.69, 9.17) is 5.73 Å². The lowest BCUT2D eigenvalue weighted by atomic mass is 9.76. The summed E-state index contributed by atoms with van der Waals surface area (Å²) in [5.41, 5.74) is 6.06. The van der Waals surface area contributed by atoms with Crippen LogP contribution >= 0.6 is 0 Å². The zero-order chi connectivity index (χ0) is 19.8. The van der Waals surface area contributed by atoms with Crippen molar-refractivity contribution >= 4 is 23.6 Å². The van der Waals surface area contributed by atoms with Gasteiger partial charge in [-0.3, -0.25) is 9.79 Å². The van der Waals surface area contributed by atoms with Crippen LogP contribution in [0.1, 0.15) is 23.2 Å². The highest BCUT2D eigenvalue weighted by molar-refractivity contribution is 6.05. The molecule has 0 spiro atoms.